The fourth-order valence-corrected chi connectivity index (χ4v) is 0.762. The van der Waals surface area contributed by atoms with Gasteiger partial charge in [0, 0.05) is 0 Å². The van der Waals surface area contributed by atoms with Crippen molar-refractivity contribution in [3.05, 3.63) is 30.3 Å². The number of nitrogens with zero attached hydrogens (tertiary/aromatic N) is 3. The van der Waals surface area contributed by atoms with Gasteiger partial charge in [0.25, 0.3) is 0 Å². The van der Waals surface area contributed by atoms with E-state index in [9.17, 15) is 0 Å². The molecule has 0 fully saturated rings. The molecule has 0 amide bonds. The van der Waals surface area contributed by atoms with Gasteiger partial charge in [-0.25, -0.2) is 0 Å². The molecule has 0 bridgehead atoms. The number of benzene rings is 1. The third-order valence-corrected chi connectivity index (χ3v) is 1.66. The molecule has 0 aliphatic heterocycles. The first-order valence-electron chi connectivity index (χ1n) is 3.32. The van der Waals surface area contributed by atoms with E-state index in [2.05, 4.69) is 10.2 Å². The fourth-order valence-electron chi connectivity index (χ4n) is 0.638. The molecule has 3 nitrogen and oxygen atoms in total. The van der Waals surface area contributed by atoms with Crippen LogP contribution >= 0.6 is 22.6 Å². The van der Waals surface area contributed by atoms with E-state index in [1.807, 2.05) is 59.0 Å². The lowest BCUT2D eigenvalue weighted by Crippen LogP contribution is -1.81. The lowest BCUT2D eigenvalue weighted by molar-refractivity contribution is 1.05. The van der Waals surface area contributed by atoms with Gasteiger partial charge in [-0.1, -0.05) is 18.2 Å². The number of nitriles is 1. The van der Waals surface area contributed by atoms with Crippen LogP contribution in [0.3, 0.4) is 0 Å². The Labute approximate surface area is 84.3 Å². The maximum atomic E-state index is 8.40. The van der Waals surface area contributed by atoms with Gasteiger partial charge in [-0.05, 0) is 34.7 Å². The SMILES string of the molecule is N#CC(I)/N=N/c1ccccc1. The minimum Gasteiger partial charge on any atom is -0.195 e. The van der Waals surface area contributed by atoms with Gasteiger partial charge in [-0.2, -0.15) is 15.5 Å². The van der Waals surface area contributed by atoms with Crippen molar-refractivity contribution in [2.75, 3.05) is 0 Å². The molecule has 0 heterocycles. The second-order valence-corrected chi connectivity index (χ2v) is 3.20. The molecule has 12 heavy (non-hydrogen) atoms. The van der Waals surface area contributed by atoms with E-state index in [0.717, 1.165) is 5.69 Å². The van der Waals surface area contributed by atoms with E-state index in [0.29, 0.717) is 0 Å². The average Bonchev–Trinajstić information content (AvgIpc) is 2.16. The van der Waals surface area contributed by atoms with Crippen LogP contribution in [0.5, 0.6) is 0 Å². The number of alkyl halides is 1. The van der Waals surface area contributed by atoms with E-state index in [1.54, 1.807) is 0 Å². The Balaban J connectivity index is 2.65. The van der Waals surface area contributed by atoms with Crippen LogP contribution in [0.2, 0.25) is 0 Å². The van der Waals surface area contributed by atoms with Crippen molar-refractivity contribution in [2.24, 2.45) is 10.2 Å². The van der Waals surface area contributed by atoms with Crippen LogP contribution in [0.4, 0.5) is 5.69 Å². The molecule has 0 N–H and O–H groups in total. The zero-order valence-electron chi connectivity index (χ0n) is 6.18. The van der Waals surface area contributed by atoms with Crippen molar-refractivity contribution >= 4 is 28.3 Å². The number of azo groups is 1. The minimum atomic E-state index is -0.400. The first-order chi connectivity index (χ1) is 5.83. The Hall–Kier alpha value is -0.960. The van der Waals surface area contributed by atoms with Crippen LogP contribution in [-0.4, -0.2) is 4.05 Å². The lowest BCUT2D eigenvalue weighted by atomic mass is 10.3. The van der Waals surface area contributed by atoms with Gasteiger partial charge < -0.3 is 0 Å². The van der Waals surface area contributed by atoms with Gasteiger partial charge in [-0.3, -0.25) is 0 Å². The van der Waals surface area contributed by atoms with E-state index < -0.39 is 4.05 Å². The van der Waals surface area contributed by atoms with Crippen LogP contribution in [0.15, 0.2) is 40.6 Å². The van der Waals surface area contributed by atoms with Crippen LogP contribution in [0.25, 0.3) is 0 Å². The smallest absolute Gasteiger partial charge is 0.195 e. The van der Waals surface area contributed by atoms with Crippen LogP contribution in [-0.2, 0) is 0 Å². The third-order valence-electron chi connectivity index (χ3n) is 1.14. The summed E-state index contributed by atoms with van der Waals surface area (Å²) in [7, 11) is 0. The van der Waals surface area contributed by atoms with Crippen molar-refractivity contribution in [1.29, 1.82) is 5.26 Å². The molecule has 0 saturated heterocycles. The molecule has 1 rings (SSSR count). The molecule has 0 radical (unpaired) electrons. The molecular weight excluding hydrogens is 265 g/mol. The number of halogens is 1. The molecule has 1 aromatic carbocycles. The van der Waals surface area contributed by atoms with Crippen LogP contribution in [0, 0.1) is 11.3 Å². The summed E-state index contributed by atoms with van der Waals surface area (Å²) >= 11 is 1.91. The van der Waals surface area contributed by atoms with Crippen molar-refractivity contribution < 1.29 is 0 Å². The molecule has 0 aliphatic carbocycles. The first kappa shape index (κ1) is 9.13. The molecule has 60 valence electrons. The third kappa shape index (κ3) is 2.96. The fraction of sp³-hybridized carbons (Fsp3) is 0.125. The Morgan fingerprint density at radius 1 is 1.33 bits per heavy atom. The summed E-state index contributed by atoms with van der Waals surface area (Å²) in [5.74, 6) is 0. The van der Waals surface area contributed by atoms with E-state index in [4.69, 9.17) is 5.26 Å². The van der Waals surface area contributed by atoms with Crippen molar-refractivity contribution in [3.63, 3.8) is 0 Å². The largest absolute Gasteiger partial charge is 0.207 e. The highest BCUT2D eigenvalue weighted by atomic mass is 127. The zero-order valence-corrected chi connectivity index (χ0v) is 8.34. The van der Waals surface area contributed by atoms with Gasteiger partial charge >= 0.3 is 0 Å². The summed E-state index contributed by atoms with van der Waals surface area (Å²) in [6.45, 7) is 0. The molecular formula is C8H6IN3. The Bertz CT molecular complexity index is 302. The summed E-state index contributed by atoms with van der Waals surface area (Å²) in [5, 5.41) is 16.0. The molecule has 1 atom stereocenters. The molecule has 1 unspecified atom stereocenters. The first-order valence-corrected chi connectivity index (χ1v) is 4.57. The van der Waals surface area contributed by atoms with Crippen LogP contribution in [0.1, 0.15) is 0 Å². The summed E-state index contributed by atoms with van der Waals surface area (Å²) in [4.78, 5) is 0. The lowest BCUT2D eigenvalue weighted by Gasteiger charge is -1.90. The standard InChI is InChI=1S/C8H6IN3/c9-8(6-10)12-11-7-4-2-1-3-5-7/h1-5,8H/b12-11+. The second-order valence-electron chi connectivity index (χ2n) is 2.02. The molecule has 1 aromatic rings. The summed E-state index contributed by atoms with van der Waals surface area (Å²) < 4.78 is -0.400. The average molecular weight is 271 g/mol. The highest BCUT2D eigenvalue weighted by Crippen LogP contribution is 2.12. The van der Waals surface area contributed by atoms with Gasteiger partial charge in [0.2, 0.25) is 4.05 Å². The molecule has 0 aromatic heterocycles. The highest BCUT2D eigenvalue weighted by Gasteiger charge is 1.94. The maximum Gasteiger partial charge on any atom is 0.207 e. The number of rotatable bonds is 2. The maximum absolute atomic E-state index is 8.40. The van der Waals surface area contributed by atoms with Gasteiger partial charge in [0.15, 0.2) is 0 Å². The van der Waals surface area contributed by atoms with Crippen molar-refractivity contribution in [3.8, 4) is 6.07 Å². The molecule has 0 aliphatic rings. The number of hydrogen-bond donors (Lipinski definition) is 0. The van der Waals surface area contributed by atoms with Gasteiger partial charge in [0.05, 0.1) is 5.69 Å². The summed E-state index contributed by atoms with van der Waals surface area (Å²) in [6.07, 6.45) is 0. The normalized spacial score (nSPS) is 12.7. The molecule has 4 heteroatoms. The van der Waals surface area contributed by atoms with Crippen molar-refractivity contribution in [2.45, 2.75) is 4.05 Å². The Morgan fingerprint density at radius 2 is 2.00 bits per heavy atom. The van der Waals surface area contributed by atoms with Gasteiger partial charge in [0.1, 0.15) is 6.07 Å². The summed E-state index contributed by atoms with van der Waals surface area (Å²) in [5.41, 5.74) is 0.773. The quantitative estimate of drug-likeness (QED) is 0.353. The predicted molar refractivity (Wildman–Crippen MR) is 54.4 cm³/mol. The number of hydrogen-bond acceptors (Lipinski definition) is 3. The van der Waals surface area contributed by atoms with Crippen LogP contribution < -0.4 is 0 Å². The Kier molecular flexibility index (Phi) is 3.67. The van der Waals surface area contributed by atoms with Gasteiger partial charge in [-0.15, -0.1) is 0 Å². The zero-order chi connectivity index (χ0) is 8.81. The van der Waals surface area contributed by atoms with E-state index >= 15 is 0 Å². The second kappa shape index (κ2) is 4.83. The Morgan fingerprint density at radius 3 is 2.58 bits per heavy atom. The molecule has 0 saturated carbocycles. The van der Waals surface area contributed by atoms with E-state index in [1.165, 1.54) is 0 Å². The monoisotopic (exact) mass is 271 g/mol. The predicted octanol–water partition coefficient (Wildman–Crippen LogP) is 3.05. The highest BCUT2D eigenvalue weighted by molar-refractivity contribution is 14.1. The minimum absolute atomic E-state index is 0.400. The summed E-state index contributed by atoms with van der Waals surface area (Å²) in [6, 6.07) is 11.3. The van der Waals surface area contributed by atoms with Crippen molar-refractivity contribution in [1.82, 2.24) is 0 Å². The topological polar surface area (TPSA) is 48.5 Å². The molecule has 0 spiro atoms. The van der Waals surface area contributed by atoms with E-state index in [-0.39, 0.29) is 0 Å².